The number of aromatic nitrogens is 6. The molecule has 0 aromatic carbocycles. The van der Waals surface area contributed by atoms with E-state index in [1.54, 1.807) is 6.20 Å². The highest BCUT2D eigenvalue weighted by molar-refractivity contribution is 5.57. The van der Waals surface area contributed by atoms with Crippen molar-refractivity contribution in [3.63, 3.8) is 0 Å². The minimum atomic E-state index is -0.175. The van der Waals surface area contributed by atoms with E-state index < -0.39 is 0 Å². The van der Waals surface area contributed by atoms with Crippen LogP contribution in [0.4, 0.5) is 0 Å². The third-order valence-corrected chi connectivity index (χ3v) is 5.06. The van der Waals surface area contributed by atoms with E-state index in [0.29, 0.717) is 24.3 Å². The van der Waals surface area contributed by atoms with Gasteiger partial charge in [-0.3, -0.25) is 9.36 Å². The van der Waals surface area contributed by atoms with Crippen molar-refractivity contribution in [3.05, 3.63) is 36.2 Å². The maximum absolute atomic E-state index is 6.00. The Balaban J connectivity index is 1.40. The van der Waals surface area contributed by atoms with Gasteiger partial charge < -0.3 is 9.15 Å². The Kier molecular flexibility index (Phi) is 3.44. The Bertz CT molecular complexity index is 864. The molecule has 8 nitrogen and oxygen atoms in total. The Morgan fingerprint density at radius 3 is 2.92 bits per heavy atom. The van der Waals surface area contributed by atoms with Gasteiger partial charge in [-0.1, -0.05) is 0 Å². The lowest BCUT2D eigenvalue weighted by Gasteiger charge is -2.14. The molecule has 2 aliphatic rings. The van der Waals surface area contributed by atoms with Gasteiger partial charge in [0, 0.05) is 44.4 Å². The topological polar surface area (TPSA) is 83.8 Å². The number of hydrogen-bond donors (Lipinski definition) is 0. The molecule has 1 saturated heterocycles. The highest BCUT2D eigenvalue weighted by Crippen LogP contribution is 2.44. The molecule has 1 saturated carbocycles. The van der Waals surface area contributed by atoms with Crippen molar-refractivity contribution in [2.45, 2.75) is 37.8 Å². The highest BCUT2D eigenvalue weighted by Gasteiger charge is 2.36. The van der Waals surface area contributed by atoms with E-state index in [1.807, 2.05) is 34.9 Å². The first kappa shape index (κ1) is 14.8. The van der Waals surface area contributed by atoms with Crippen LogP contribution in [0.3, 0.4) is 0 Å². The summed E-state index contributed by atoms with van der Waals surface area (Å²) in [6.07, 6.45) is 8.76. The third kappa shape index (κ3) is 2.66. The zero-order valence-electron chi connectivity index (χ0n) is 14.1. The molecule has 8 heteroatoms. The fourth-order valence-corrected chi connectivity index (χ4v) is 3.65. The first-order valence-corrected chi connectivity index (χ1v) is 8.74. The van der Waals surface area contributed by atoms with Gasteiger partial charge >= 0.3 is 0 Å². The first-order valence-electron chi connectivity index (χ1n) is 8.74. The van der Waals surface area contributed by atoms with Crippen molar-refractivity contribution in [1.29, 1.82) is 0 Å². The number of aryl methyl sites for hydroxylation is 1. The standard InChI is InChI=1S/C17H20N6O2/c1-22-14(11-3-4-11)13(9-19-22)16-20-21-17(25-16)15-12(5-8-24-15)10-23-7-2-6-18-23/h2,6-7,9,11-12,15H,3-5,8,10H2,1H3/t12-,15-/m0/s1. The smallest absolute Gasteiger partial charge is 0.251 e. The van der Waals surface area contributed by atoms with Gasteiger partial charge in [-0.2, -0.15) is 10.2 Å². The van der Waals surface area contributed by atoms with E-state index in [0.717, 1.165) is 18.5 Å². The van der Waals surface area contributed by atoms with Crippen LogP contribution in [0.5, 0.6) is 0 Å². The van der Waals surface area contributed by atoms with Gasteiger partial charge in [0.05, 0.1) is 17.5 Å². The minimum absolute atomic E-state index is 0.175. The normalized spacial score (nSPS) is 23.4. The van der Waals surface area contributed by atoms with Gasteiger partial charge in [-0.05, 0) is 25.3 Å². The summed E-state index contributed by atoms with van der Waals surface area (Å²) in [6, 6.07) is 1.93. The predicted octanol–water partition coefficient (Wildman–Crippen LogP) is 2.32. The second-order valence-corrected chi connectivity index (χ2v) is 6.86. The van der Waals surface area contributed by atoms with Crippen LogP contribution in [0.25, 0.3) is 11.5 Å². The summed E-state index contributed by atoms with van der Waals surface area (Å²) in [5, 5.41) is 17.2. The molecule has 0 radical (unpaired) electrons. The molecule has 3 aromatic heterocycles. The highest BCUT2D eigenvalue weighted by atomic mass is 16.5. The molecule has 3 aromatic rings. The maximum atomic E-state index is 6.00. The summed E-state index contributed by atoms with van der Waals surface area (Å²) in [5.41, 5.74) is 2.14. The molecule has 0 N–H and O–H groups in total. The van der Waals surface area contributed by atoms with Crippen LogP contribution >= 0.6 is 0 Å². The fourth-order valence-electron chi connectivity index (χ4n) is 3.65. The van der Waals surface area contributed by atoms with Gasteiger partial charge in [0.25, 0.3) is 5.89 Å². The Morgan fingerprint density at radius 2 is 2.12 bits per heavy atom. The van der Waals surface area contributed by atoms with E-state index in [1.165, 1.54) is 18.5 Å². The molecule has 2 fully saturated rings. The fraction of sp³-hybridized carbons (Fsp3) is 0.529. The largest absolute Gasteiger partial charge is 0.418 e. The van der Waals surface area contributed by atoms with Crippen molar-refractivity contribution < 1.29 is 9.15 Å². The zero-order chi connectivity index (χ0) is 16.8. The quantitative estimate of drug-likeness (QED) is 0.709. The average molecular weight is 340 g/mol. The minimum Gasteiger partial charge on any atom is -0.418 e. The zero-order valence-corrected chi connectivity index (χ0v) is 14.1. The average Bonchev–Trinajstić information content (AvgIpc) is 3.09. The maximum Gasteiger partial charge on any atom is 0.251 e. The van der Waals surface area contributed by atoms with Crippen LogP contribution in [-0.2, 0) is 18.3 Å². The number of nitrogens with zero attached hydrogens (tertiary/aromatic N) is 6. The van der Waals surface area contributed by atoms with E-state index in [9.17, 15) is 0 Å². The van der Waals surface area contributed by atoms with Crippen molar-refractivity contribution in [2.75, 3.05) is 6.61 Å². The third-order valence-electron chi connectivity index (χ3n) is 5.06. The summed E-state index contributed by atoms with van der Waals surface area (Å²) in [4.78, 5) is 0. The summed E-state index contributed by atoms with van der Waals surface area (Å²) in [5.74, 6) is 1.94. The van der Waals surface area contributed by atoms with E-state index in [-0.39, 0.29) is 12.0 Å². The second-order valence-electron chi connectivity index (χ2n) is 6.86. The van der Waals surface area contributed by atoms with E-state index in [2.05, 4.69) is 20.4 Å². The Hall–Kier alpha value is -2.48. The van der Waals surface area contributed by atoms with Crippen LogP contribution in [-0.4, -0.2) is 36.4 Å². The number of rotatable bonds is 5. The predicted molar refractivity (Wildman–Crippen MR) is 87.5 cm³/mol. The van der Waals surface area contributed by atoms with Crippen LogP contribution in [0, 0.1) is 5.92 Å². The van der Waals surface area contributed by atoms with Gasteiger partial charge in [0.15, 0.2) is 0 Å². The lowest BCUT2D eigenvalue weighted by Crippen LogP contribution is -2.15. The summed E-state index contributed by atoms with van der Waals surface area (Å²) >= 11 is 0. The van der Waals surface area contributed by atoms with Crippen molar-refractivity contribution >= 4 is 0 Å². The van der Waals surface area contributed by atoms with Crippen molar-refractivity contribution in [1.82, 2.24) is 29.8 Å². The van der Waals surface area contributed by atoms with Crippen LogP contribution in [0.15, 0.2) is 29.1 Å². The molecular weight excluding hydrogens is 320 g/mol. The number of ether oxygens (including phenoxy) is 1. The lowest BCUT2D eigenvalue weighted by molar-refractivity contribution is 0.0634. The van der Waals surface area contributed by atoms with Gasteiger partial charge in [-0.15, -0.1) is 10.2 Å². The summed E-state index contributed by atoms with van der Waals surface area (Å²) in [7, 11) is 1.97. The summed E-state index contributed by atoms with van der Waals surface area (Å²) < 4.78 is 15.7. The van der Waals surface area contributed by atoms with Crippen LogP contribution in [0.2, 0.25) is 0 Å². The monoisotopic (exact) mass is 340 g/mol. The SMILES string of the molecule is Cn1ncc(-c2nnc([C@H]3OCC[C@H]3Cn3cccn3)o2)c1C1CC1. The molecule has 0 spiro atoms. The van der Waals surface area contributed by atoms with Crippen LogP contribution in [0.1, 0.15) is 42.9 Å². The lowest BCUT2D eigenvalue weighted by atomic mass is 10.0. The van der Waals surface area contributed by atoms with Crippen molar-refractivity contribution in [3.8, 4) is 11.5 Å². The molecular formula is C17H20N6O2. The Labute approximate surface area is 144 Å². The molecule has 5 rings (SSSR count). The molecule has 2 atom stereocenters. The van der Waals surface area contributed by atoms with E-state index >= 15 is 0 Å². The first-order chi connectivity index (χ1) is 12.3. The van der Waals surface area contributed by atoms with Gasteiger partial charge in [0.2, 0.25) is 5.89 Å². The number of hydrogen-bond acceptors (Lipinski definition) is 6. The summed E-state index contributed by atoms with van der Waals surface area (Å²) in [6.45, 7) is 1.49. The molecule has 25 heavy (non-hydrogen) atoms. The molecule has 0 unspecified atom stereocenters. The Morgan fingerprint density at radius 1 is 1.20 bits per heavy atom. The van der Waals surface area contributed by atoms with Gasteiger partial charge in [-0.25, -0.2) is 0 Å². The molecule has 130 valence electrons. The van der Waals surface area contributed by atoms with Crippen LogP contribution < -0.4 is 0 Å². The molecule has 1 aliphatic carbocycles. The van der Waals surface area contributed by atoms with Crippen molar-refractivity contribution in [2.24, 2.45) is 13.0 Å². The van der Waals surface area contributed by atoms with Gasteiger partial charge in [0.1, 0.15) is 6.10 Å². The molecule has 0 amide bonds. The molecule has 0 bridgehead atoms. The van der Waals surface area contributed by atoms with E-state index in [4.69, 9.17) is 9.15 Å². The second kappa shape index (κ2) is 5.80. The molecule has 1 aliphatic heterocycles. The molecule has 4 heterocycles.